The van der Waals surface area contributed by atoms with Crippen molar-refractivity contribution in [1.29, 1.82) is 0 Å². The molecule has 2 heterocycles. The molecular formula is C17H29N3O2. The van der Waals surface area contributed by atoms with E-state index in [2.05, 4.69) is 6.92 Å². The van der Waals surface area contributed by atoms with Crippen LogP contribution >= 0.6 is 0 Å². The highest BCUT2D eigenvalue weighted by atomic mass is 16.2. The second kappa shape index (κ2) is 6.57. The number of likely N-dealkylation sites (tertiary alicyclic amines) is 2. The molecule has 2 unspecified atom stereocenters. The Labute approximate surface area is 133 Å². The SMILES string of the molecule is CC1CCC(N2CC(C(=O)N3CCCC(N)C3)CC2=O)CC1. The van der Waals surface area contributed by atoms with E-state index in [1.165, 1.54) is 12.8 Å². The molecule has 1 saturated carbocycles. The molecule has 0 aromatic rings. The Kier molecular flexibility index (Phi) is 4.71. The zero-order chi connectivity index (χ0) is 15.7. The molecule has 2 aliphatic heterocycles. The highest BCUT2D eigenvalue weighted by Gasteiger charge is 2.40. The molecule has 2 atom stereocenters. The zero-order valence-corrected chi connectivity index (χ0v) is 13.7. The van der Waals surface area contributed by atoms with Gasteiger partial charge in [-0.3, -0.25) is 9.59 Å². The van der Waals surface area contributed by atoms with Crippen LogP contribution in [0.2, 0.25) is 0 Å². The van der Waals surface area contributed by atoms with Crippen LogP contribution in [-0.4, -0.2) is 53.3 Å². The van der Waals surface area contributed by atoms with Gasteiger partial charge in [0.05, 0.1) is 5.92 Å². The largest absolute Gasteiger partial charge is 0.341 e. The second-order valence-electron chi connectivity index (χ2n) is 7.55. The zero-order valence-electron chi connectivity index (χ0n) is 13.7. The number of piperidine rings is 1. The molecular weight excluding hydrogens is 278 g/mol. The van der Waals surface area contributed by atoms with Crippen molar-refractivity contribution in [3.05, 3.63) is 0 Å². The van der Waals surface area contributed by atoms with Crippen LogP contribution in [0.15, 0.2) is 0 Å². The highest BCUT2D eigenvalue weighted by molar-refractivity contribution is 5.89. The molecule has 3 fully saturated rings. The first-order chi connectivity index (χ1) is 10.5. The normalized spacial score (nSPS) is 36.7. The maximum atomic E-state index is 12.7. The minimum absolute atomic E-state index is 0.103. The van der Waals surface area contributed by atoms with Gasteiger partial charge < -0.3 is 15.5 Å². The molecule has 2 saturated heterocycles. The van der Waals surface area contributed by atoms with Crippen molar-refractivity contribution < 1.29 is 9.59 Å². The minimum atomic E-state index is -0.142. The summed E-state index contributed by atoms with van der Waals surface area (Å²) in [6, 6.07) is 0.468. The van der Waals surface area contributed by atoms with E-state index < -0.39 is 0 Å². The molecule has 22 heavy (non-hydrogen) atoms. The Morgan fingerprint density at radius 1 is 1.14 bits per heavy atom. The average molecular weight is 307 g/mol. The summed E-state index contributed by atoms with van der Waals surface area (Å²) >= 11 is 0. The van der Waals surface area contributed by atoms with Crippen LogP contribution in [0.25, 0.3) is 0 Å². The van der Waals surface area contributed by atoms with Crippen molar-refractivity contribution in [2.45, 2.75) is 64.0 Å². The lowest BCUT2D eigenvalue weighted by atomic mass is 9.86. The van der Waals surface area contributed by atoms with Gasteiger partial charge in [0.25, 0.3) is 0 Å². The van der Waals surface area contributed by atoms with Crippen LogP contribution in [0.4, 0.5) is 0 Å². The summed E-state index contributed by atoms with van der Waals surface area (Å²) in [6.45, 7) is 4.37. The van der Waals surface area contributed by atoms with Crippen molar-refractivity contribution in [1.82, 2.24) is 9.80 Å². The number of carbonyl (C=O) groups is 2. The molecule has 5 heteroatoms. The highest BCUT2D eigenvalue weighted by Crippen LogP contribution is 2.32. The van der Waals surface area contributed by atoms with Crippen molar-refractivity contribution in [3.8, 4) is 0 Å². The first kappa shape index (κ1) is 15.8. The molecule has 2 N–H and O–H groups in total. The predicted molar refractivity (Wildman–Crippen MR) is 85.0 cm³/mol. The maximum Gasteiger partial charge on any atom is 0.228 e. The predicted octanol–water partition coefficient (Wildman–Crippen LogP) is 1.36. The minimum Gasteiger partial charge on any atom is -0.341 e. The molecule has 0 spiro atoms. The number of hydrogen-bond donors (Lipinski definition) is 1. The number of amides is 2. The van der Waals surface area contributed by atoms with E-state index >= 15 is 0 Å². The molecule has 0 radical (unpaired) electrons. The van der Waals surface area contributed by atoms with E-state index in [1.807, 2.05) is 9.80 Å². The molecule has 0 bridgehead atoms. The van der Waals surface area contributed by atoms with Gasteiger partial charge in [0.2, 0.25) is 11.8 Å². The van der Waals surface area contributed by atoms with Gasteiger partial charge in [-0.1, -0.05) is 6.92 Å². The van der Waals surface area contributed by atoms with Gasteiger partial charge >= 0.3 is 0 Å². The average Bonchev–Trinajstić information content (AvgIpc) is 2.89. The number of hydrogen-bond acceptors (Lipinski definition) is 3. The molecule has 1 aliphatic carbocycles. The van der Waals surface area contributed by atoms with Gasteiger partial charge in [-0.05, 0) is 44.4 Å². The van der Waals surface area contributed by atoms with Crippen LogP contribution in [0, 0.1) is 11.8 Å². The van der Waals surface area contributed by atoms with Gasteiger partial charge in [-0.15, -0.1) is 0 Å². The standard InChI is InChI=1S/C17H29N3O2/c1-12-4-6-15(7-5-12)20-10-13(9-16(20)21)17(22)19-8-2-3-14(18)11-19/h12-15H,2-11,18H2,1H3. The maximum absolute atomic E-state index is 12.7. The van der Waals surface area contributed by atoms with Crippen molar-refractivity contribution >= 4 is 11.8 Å². The lowest BCUT2D eigenvalue weighted by Gasteiger charge is -2.34. The fourth-order valence-electron chi connectivity index (χ4n) is 4.27. The molecule has 3 rings (SSSR count). The third-order valence-electron chi connectivity index (χ3n) is 5.70. The Balaban J connectivity index is 1.58. The van der Waals surface area contributed by atoms with Crippen LogP contribution < -0.4 is 5.73 Å². The van der Waals surface area contributed by atoms with E-state index in [9.17, 15) is 9.59 Å². The van der Waals surface area contributed by atoms with Gasteiger partial charge in [0.1, 0.15) is 0 Å². The summed E-state index contributed by atoms with van der Waals surface area (Å²) in [4.78, 5) is 28.9. The fourth-order valence-corrected chi connectivity index (χ4v) is 4.27. The fraction of sp³-hybridized carbons (Fsp3) is 0.882. The topological polar surface area (TPSA) is 66.6 Å². The van der Waals surface area contributed by atoms with E-state index in [0.29, 0.717) is 25.6 Å². The third kappa shape index (κ3) is 3.29. The van der Waals surface area contributed by atoms with Crippen molar-refractivity contribution in [2.24, 2.45) is 17.6 Å². The van der Waals surface area contributed by atoms with E-state index in [4.69, 9.17) is 5.73 Å². The number of rotatable bonds is 2. The number of carbonyl (C=O) groups excluding carboxylic acids is 2. The third-order valence-corrected chi connectivity index (χ3v) is 5.70. The van der Waals surface area contributed by atoms with Crippen LogP contribution in [-0.2, 0) is 9.59 Å². The molecule has 0 aromatic heterocycles. The van der Waals surface area contributed by atoms with Crippen LogP contribution in [0.5, 0.6) is 0 Å². The lowest BCUT2D eigenvalue weighted by molar-refractivity contribution is -0.137. The van der Waals surface area contributed by atoms with E-state index in [-0.39, 0.29) is 23.8 Å². The van der Waals surface area contributed by atoms with Crippen LogP contribution in [0.1, 0.15) is 51.9 Å². The Morgan fingerprint density at radius 2 is 1.86 bits per heavy atom. The smallest absolute Gasteiger partial charge is 0.228 e. The summed E-state index contributed by atoms with van der Waals surface area (Å²) in [5, 5.41) is 0. The lowest BCUT2D eigenvalue weighted by Crippen LogP contribution is -2.48. The van der Waals surface area contributed by atoms with Gasteiger partial charge in [-0.25, -0.2) is 0 Å². The molecule has 0 aromatic carbocycles. The molecule has 2 amide bonds. The summed E-state index contributed by atoms with van der Waals surface area (Å²) in [5.74, 6) is 0.966. The van der Waals surface area contributed by atoms with Crippen LogP contribution in [0.3, 0.4) is 0 Å². The summed E-state index contributed by atoms with van der Waals surface area (Å²) in [7, 11) is 0. The Morgan fingerprint density at radius 3 is 2.55 bits per heavy atom. The molecule has 5 nitrogen and oxygen atoms in total. The molecule has 3 aliphatic rings. The summed E-state index contributed by atoms with van der Waals surface area (Å²) < 4.78 is 0. The van der Waals surface area contributed by atoms with Gasteiger partial charge in [0.15, 0.2) is 0 Å². The van der Waals surface area contributed by atoms with Crippen molar-refractivity contribution in [3.63, 3.8) is 0 Å². The summed E-state index contributed by atoms with van der Waals surface area (Å²) in [6.07, 6.45) is 6.99. The Hall–Kier alpha value is -1.10. The summed E-state index contributed by atoms with van der Waals surface area (Å²) in [5.41, 5.74) is 5.97. The van der Waals surface area contributed by atoms with Gasteiger partial charge in [-0.2, -0.15) is 0 Å². The number of nitrogens with two attached hydrogens (primary N) is 1. The van der Waals surface area contributed by atoms with E-state index in [1.54, 1.807) is 0 Å². The first-order valence-electron chi connectivity index (χ1n) is 8.88. The van der Waals surface area contributed by atoms with E-state index in [0.717, 1.165) is 38.1 Å². The van der Waals surface area contributed by atoms with Gasteiger partial charge in [0, 0.05) is 38.1 Å². The van der Waals surface area contributed by atoms with Crippen molar-refractivity contribution in [2.75, 3.05) is 19.6 Å². The second-order valence-corrected chi connectivity index (χ2v) is 7.55. The molecule has 124 valence electrons. The number of nitrogens with zero attached hydrogens (tertiary/aromatic N) is 2. The first-order valence-corrected chi connectivity index (χ1v) is 8.88. The Bertz CT molecular complexity index is 432. The quantitative estimate of drug-likeness (QED) is 0.838. The monoisotopic (exact) mass is 307 g/mol.